The van der Waals surface area contributed by atoms with Crippen molar-refractivity contribution in [3.05, 3.63) is 48.2 Å². The molecule has 240 valence electrons. The Balaban J connectivity index is 1.52. The van der Waals surface area contributed by atoms with Crippen molar-refractivity contribution in [2.24, 2.45) is 4.99 Å². The van der Waals surface area contributed by atoms with Crippen LogP contribution in [0.3, 0.4) is 0 Å². The average molecular weight is 611 g/mol. The minimum absolute atomic E-state index is 0.000383. The van der Waals surface area contributed by atoms with E-state index in [-0.39, 0.29) is 30.4 Å². The number of carbonyl (C=O) groups is 3. The highest BCUT2D eigenvalue weighted by Crippen LogP contribution is 2.33. The molecule has 0 bridgehead atoms. The minimum Gasteiger partial charge on any atom is -0.495 e. The van der Waals surface area contributed by atoms with E-state index < -0.39 is 17.7 Å². The van der Waals surface area contributed by atoms with Crippen molar-refractivity contribution < 1.29 is 23.5 Å². The lowest BCUT2D eigenvalue weighted by Gasteiger charge is -2.34. The largest absolute Gasteiger partial charge is 0.495 e. The first-order valence-corrected chi connectivity index (χ1v) is 15.7. The topological polar surface area (TPSA) is 107 Å². The summed E-state index contributed by atoms with van der Waals surface area (Å²) in [7, 11) is 3.11. The van der Waals surface area contributed by atoms with Gasteiger partial charge >= 0.3 is 0 Å². The van der Waals surface area contributed by atoms with Crippen LogP contribution < -0.4 is 15.4 Å². The number of halogens is 1. The van der Waals surface area contributed by atoms with E-state index in [9.17, 15) is 14.4 Å². The van der Waals surface area contributed by atoms with Crippen molar-refractivity contribution in [3.63, 3.8) is 0 Å². The Hall–Kier alpha value is -3.89. The van der Waals surface area contributed by atoms with E-state index in [0.717, 1.165) is 44.6 Å². The lowest BCUT2D eigenvalue weighted by atomic mass is 10.0. The van der Waals surface area contributed by atoms with Gasteiger partial charge < -0.3 is 30.1 Å². The van der Waals surface area contributed by atoms with Crippen molar-refractivity contribution in [1.29, 1.82) is 0 Å². The number of allylic oxidation sites excluding steroid dienone is 1. The van der Waals surface area contributed by atoms with Crippen LogP contribution in [0.5, 0.6) is 5.75 Å². The summed E-state index contributed by atoms with van der Waals surface area (Å²) < 4.78 is 21.6. The number of amides is 3. The number of hydrogen-bond acceptors (Lipinski definition) is 6. The van der Waals surface area contributed by atoms with Gasteiger partial charge in [0.25, 0.3) is 11.8 Å². The minimum atomic E-state index is -2.23. The molecule has 2 heterocycles. The summed E-state index contributed by atoms with van der Waals surface area (Å²) in [5, 5.41) is 6.45. The first-order chi connectivity index (χ1) is 21.0. The molecule has 1 unspecified atom stereocenters. The number of likely N-dealkylation sites (tertiary alicyclic amines) is 1. The van der Waals surface area contributed by atoms with Crippen molar-refractivity contribution in [1.82, 2.24) is 20.0 Å². The number of benzene rings is 1. The summed E-state index contributed by atoms with van der Waals surface area (Å²) in [5.74, 6) is 0.316. The zero-order valence-corrected chi connectivity index (χ0v) is 26.7. The Labute approximate surface area is 260 Å². The van der Waals surface area contributed by atoms with Crippen LogP contribution >= 0.6 is 0 Å². The van der Waals surface area contributed by atoms with Crippen LogP contribution in [-0.4, -0.2) is 96.0 Å². The highest BCUT2D eigenvalue weighted by atomic mass is 19.1. The highest BCUT2D eigenvalue weighted by molar-refractivity contribution is 6.05. The molecule has 0 aromatic heterocycles. The van der Waals surface area contributed by atoms with Gasteiger partial charge in [0.15, 0.2) is 0 Å². The fraction of sp³-hybridized carbons (Fsp3) is 0.576. The maximum absolute atomic E-state index is 16.0. The summed E-state index contributed by atoms with van der Waals surface area (Å²) in [6.45, 7) is 10.3. The number of piperidine rings is 1. The third kappa shape index (κ3) is 7.08. The van der Waals surface area contributed by atoms with Crippen molar-refractivity contribution in [2.75, 3.05) is 39.1 Å². The number of rotatable bonds is 9. The van der Waals surface area contributed by atoms with Gasteiger partial charge in [-0.15, -0.1) is 0 Å². The number of nitrogens with zero attached hydrogens (tertiary/aromatic N) is 4. The van der Waals surface area contributed by atoms with Crippen LogP contribution in [0.15, 0.2) is 47.6 Å². The Morgan fingerprint density at radius 1 is 1.23 bits per heavy atom. The third-order valence-corrected chi connectivity index (χ3v) is 8.91. The molecule has 3 amide bonds. The highest BCUT2D eigenvalue weighted by Gasteiger charge is 2.47. The average Bonchev–Trinajstić information content (AvgIpc) is 3.56. The van der Waals surface area contributed by atoms with Gasteiger partial charge in [0.1, 0.15) is 17.8 Å². The molecule has 3 aliphatic rings. The molecule has 2 N–H and O–H groups in total. The predicted molar refractivity (Wildman–Crippen MR) is 170 cm³/mol. The smallest absolute Gasteiger partial charge is 0.270 e. The molecule has 2 aliphatic heterocycles. The number of ether oxygens (including phenoxy) is 1. The molecule has 2 saturated heterocycles. The van der Waals surface area contributed by atoms with Crippen LogP contribution in [0, 0.1) is 0 Å². The first-order valence-electron chi connectivity index (χ1n) is 15.7. The third-order valence-electron chi connectivity index (χ3n) is 8.91. The second-order valence-corrected chi connectivity index (χ2v) is 11.8. The van der Waals surface area contributed by atoms with E-state index in [4.69, 9.17) is 9.73 Å². The standard InChI is InChI=1S/C33H47FN6O4/c1-7-27-30(40(25-12-10-11-13-25)21-33(34,9-3)32(43)38(27)5)36-22(4)35-26-15-14-23(20-28(26)44-6)31(42)37-24-16-18-39(19-17-24)29(41)8-2/h7,9,14-15,20,22,24-25,35H,3,8,10-13,16-19,21H2,1-2,4-6H3,(H,37,42)/b27-7+,36-30+/t22?,33-/m1/s1. The van der Waals surface area contributed by atoms with Gasteiger partial charge in [-0.05, 0) is 63.8 Å². The lowest BCUT2D eigenvalue weighted by molar-refractivity contribution is -0.137. The molecular weight excluding hydrogens is 563 g/mol. The Morgan fingerprint density at radius 3 is 2.50 bits per heavy atom. The van der Waals surface area contributed by atoms with E-state index in [1.807, 2.05) is 30.6 Å². The zero-order valence-electron chi connectivity index (χ0n) is 26.7. The predicted octanol–water partition coefficient (Wildman–Crippen LogP) is 4.50. The van der Waals surface area contributed by atoms with Gasteiger partial charge in [-0.1, -0.05) is 32.4 Å². The van der Waals surface area contributed by atoms with Crippen LogP contribution in [-0.2, 0) is 9.59 Å². The summed E-state index contributed by atoms with van der Waals surface area (Å²) in [5.41, 5.74) is -0.579. The molecule has 1 aromatic carbocycles. The molecular formula is C33H47FN6O4. The van der Waals surface area contributed by atoms with E-state index in [2.05, 4.69) is 17.2 Å². The summed E-state index contributed by atoms with van der Waals surface area (Å²) in [6, 6.07) is 5.27. The van der Waals surface area contributed by atoms with Crippen molar-refractivity contribution in [3.8, 4) is 5.75 Å². The van der Waals surface area contributed by atoms with E-state index >= 15 is 4.39 Å². The van der Waals surface area contributed by atoms with Crippen LogP contribution in [0.4, 0.5) is 10.1 Å². The van der Waals surface area contributed by atoms with Gasteiger partial charge in [0.2, 0.25) is 11.6 Å². The van der Waals surface area contributed by atoms with Gasteiger partial charge in [-0.2, -0.15) is 0 Å². The number of alkyl halides is 1. The van der Waals surface area contributed by atoms with Gasteiger partial charge in [-0.3, -0.25) is 14.4 Å². The van der Waals surface area contributed by atoms with Gasteiger partial charge in [0.05, 0.1) is 25.0 Å². The number of likely N-dealkylation sites (N-methyl/N-ethyl adjacent to an activating group) is 1. The lowest BCUT2D eigenvalue weighted by Crippen LogP contribution is -2.48. The number of anilines is 1. The first kappa shape index (κ1) is 33.0. The maximum atomic E-state index is 16.0. The van der Waals surface area contributed by atoms with E-state index in [1.165, 1.54) is 4.90 Å². The number of nitrogens with one attached hydrogen (secondary N) is 2. The van der Waals surface area contributed by atoms with Crippen LogP contribution in [0.1, 0.15) is 76.1 Å². The summed E-state index contributed by atoms with van der Waals surface area (Å²) >= 11 is 0. The second kappa shape index (κ2) is 14.3. The molecule has 1 aliphatic carbocycles. The fourth-order valence-corrected chi connectivity index (χ4v) is 6.37. The Kier molecular flexibility index (Phi) is 10.7. The molecule has 44 heavy (non-hydrogen) atoms. The Bertz CT molecular complexity index is 1300. The van der Waals surface area contributed by atoms with E-state index in [1.54, 1.807) is 38.4 Å². The molecule has 1 saturated carbocycles. The van der Waals surface area contributed by atoms with Crippen molar-refractivity contribution in [2.45, 2.75) is 89.6 Å². The molecule has 2 atom stereocenters. The second-order valence-electron chi connectivity index (χ2n) is 11.8. The molecule has 11 heteroatoms. The van der Waals surface area contributed by atoms with Crippen molar-refractivity contribution >= 4 is 29.2 Å². The quantitative estimate of drug-likeness (QED) is 0.399. The Morgan fingerprint density at radius 2 is 1.91 bits per heavy atom. The number of aliphatic imine (C=N–C) groups is 1. The normalized spacial score (nSPS) is 24.4. The molecule has 0 spiro atoms. The number of carbonyl (C=O) groups excluding carboxylic acids is 3. The molecule has 4 rings (SSSR count). The number of methoxy groups -OCH3 is 1. The zero-order chi connectivity index (χ0) is 32.0. The number of hydrogen-bond donors (Lipinski definition) is 2. The molecule has 3 fully saturated rings. The molecule has 0 radical (unpaired) electrons. The van der Waals surface area contributed by atoms with Gasteiger partial charge in [0, 0.05) is 44.2 Å². The number of amidine groups is 1. The summed E-state index contributed by atoms with van der Waals surface area (Å²) in [4.78, 5) is 48.3. The SMILES string of the molecule is C=C[C@@]1(F)CN(C2CCCC2)C(=N/C(C)Nc2ccc(C(=O)NC3CCN(C(=O)CC)CC3)cc2OC)/C(=C\C)N(C)C1=O. The maximum Gasteiger partial charge on any atom is 0.270 e. The molecule has 10 nitrogen and oxygen atoms in total. The summed E-state index contributed by atoms with van der Waals surface area (Å²) in [6.07, 6.45) is 8.22. The van der Waals surface area contributed by atoms with Crippen LogP contribution in [0.2, 0.25) is 0 Å². The monoisotopic (exact) mass is 610 g/mol. The molecule has 1 aromatic rings. The fourth-order valence-electron chi connectivity index (χ4n) is 6.37. The van der Waals surface area contributed by atoms with Crippen LogP contribution in [0.25, 0.3) is 0 Å². The van der Waals surface area contributed by atoms with Gasteiger partial charge in [-0.25, -0.2) is 9.38 Å². The van der Waals surface area contributed by atoms with E-state index in [0.29, 0.717) is 48.0 Å².